The van der Waals surface area contributed by atoms with Gasteiger partial charge in [0.15, 0.2) is 17.2 Å². The van der Waals surface area contributed by atoms with Crippen LogP contribution < -0.4 is 24.8 Å². The summed E-state index contributed by atoms with van der Waals surface area (Å²) in [6.45, 7) is 3.33. The number of urea groups is 1. The van der Waals surface area contributed by atoms with E-state index < -0.39 is 45.8 Å². The summed E-state index contributed by atoms with van der Waals surface area (Å²) in [5, 5.41) is 15.4. The number of sulfonamides is 1. The van der Waals surface area contributed by atoms with Crippen molar-refractivity contribution in [1.82, 2.24) is 9.21 Å². The zero-order valence-corrected chi connectivity index (χ0v) is 25.1. The van der Waals surface area contributed by atoms with Gasteiger partial charge in [0.25, 0.3) is 5.91 Å². The molecule has 0 fully saturated rings. The van der Waals surface area contributed by atoms with Gasteiger partial charge in [-0.25, -0.2) is 17.6 Å². The number of para-hydroxylation sites is 1. The SMILES string of the molecule is C[C@@H]1CN([C@@H](C)CO)C(=O)c2cccc(NC(=O)Nc3ccc4c(c3)OCO4)c2O[C@@H]1CN(C)S(=O)(=O)c1ccc(F)cc1. The molecule has 3 N–H and O–H groups in total. The van der Waals surface area contributed by atoms with E-state index in [4.69, 9.17) is 14.2 Å². The molecule has 0 radical (unpaired) electrons. The number of hydrogen-bond donors (Lipinski definition) is 3. The highest BCUT2D eigenvalue weighted by Gasteiger charge is 2.36. The molecule has 0 aromatic heterocycles. The maximum absolute atomic E-state index is 13.7. The first-order valence-corrected chi connectivity index (χ1v) is 15.3. The summed E-state index contributed by atoms with van der Waals surface area (Å²) in [7, 11) is -2.64. The molecule has 0 bridgehead atoms. The third kappa shape index (κ3) is 6.42. The fourth-order valence-corrected chi connectivity index (χ4v) is 6.14. The van der Waals surface area contributed by atoms with Gasteiger partial charge in [-0.05, 0) is 55.5 Å². The summed E-state index contributed by atoms with van der Waals surface area (Å²) in [6, 6.07) is 12.9. The Balaban J connectivity index is 1.45. The molecule has 0 unspecified atom stereocenters. The summed E-state index contributed by atoms with van der Waals surface area (Å²) in [6.07, 6.45) is -0.796. The summed E-state index contributed by atoms with van der Waals surface area (Å²) < 4.78 is 58.3. The molecule has 44 heavy (non-hydrogen) atoms. The summed E-state index contributed by atoms with van der Waals surface area (Å²) in [4.78, 5) is 28.2. The summed E-state index contributed by atoms with van der Waals surface area (Å²) in [5.74, 6) is -0.304. The lowest BCUT2D eigenvalue weighted by molar-refractivity contribution is 0.0389. The van der Waals surface area contributed by atoms with Crippen molar-refractivity contribution in [2.75, 3.05) is 44.2 Å². The zero-order valence-electron chi connectivity index (χ0n) is 24.3. The smallest absolute Gasteiger partial charge is 0.323 e. The predicted molar refractivity (Wildman–Crippen MR) is 159 cm³/mol. The van der Waals surface area contributed by atoms with E-state index in [2.05, 4.69) is 10.6 Å². The zero-order chi connectivity index (χ0) is 31.6. The number of halogens is 1. The van der Waals surface area contributed by atoms with E-state index in [9.17, 15) is 27.5 Å². The van der Waals surface area contributed by atoms with E-state index in [1.807, 2.05) is 0 Å². The fourth-order valence-electron chi connectivity index (χ4n) is 4.96. The molecular weight excluding hydrogens is 595 g/mol. The van der Waals surface area contributed by atoms with Crippen molar-refractivity contribution in [3.05, 3.63) is 72.0 Å². The number of likely N-dealkylation sites (N-methyl/N-ethyl adjacent to an activating group) is 1. The molecule has 5 rings (SSSR count). The fraction of sp³-hybridized carbons (Fsp3) is 0.333. The summed E-state index contributed by atoms with van der Waals surface area (Å²) >= 11 is 0. The number of carbonyl (C=O) groups excluding carboxylic acids is 2. The van der Waals surface area contributed by atoms with Crippen LogP contribution >= 0.6 is 0 Å². The van der Waals surface area contributed by atoms with E-state index in [1.54, 1.807) is 50.2 Å². The number of fused-ring (bicyclic) bond motifs is 2. The minimum atomic E-state index is -4.02. The van der Waals surface area contributed by atoms with Gasteiger partial charge < -0.3 is 34.9 Å². The molecule has 0 saturated heterocycles. The third-order valence-electron chi connectivity index (χ3n) is 7.53. The number of aliphatic hydroxyl groups excluding tert-OH is 1. The Labute approximate surface area is 254 Å². The average Bonchev–Trinajstić information content (AvgIpc) is 3.47. The second kappa shape index (κ2) is 12.7. The lowest BCUT2D eigenvalue weighted by atomic mass is 9.99. The Morgan fingerprint density at radius 1 is 1.11 bits per heavy atom. The first kappa shape index (κ1) is 31.0. The molecule has 0 saturated carbocycles. The molecular formula is C30H33FN4O8S. The first-order chi connectivity index (χ1) is 21.0. The molecule has 2 aliphatic heterocycles. The number of nitrogens with zero attached hydrogens (tertiary/aromatic N) is 2. The number of rotatable bonds is 8. The Morgan fingerprint density at radius 2 is 1.84 bits per heavy atom. The average molecular weight is 629 g/mol. The van der Waals surface area contributed by atoms with Gasteiger partial charge in [-0.2, -0.15) is 4.31 Å². The van der Waals surface area contributed by atoms with Crippen LogP contribution in [-0.2, 0) is 10.0 Å². The van der Waals surface area contributed by atoms with Crippen molar-refractivity contribution in [2.45, 2.75) is 30.9 Å². The Kier molecular flexibility index (Phi) is 8.95. The van der Waals surface area contributed by atoms with Crippen LogP contribution in [0.2, 0.25) is 0 Å². The second-order valence-electron chi connectivity index (χ2n) is 10.7. The number of aliphatic hydroxyl groups is 1. The Morgan fingerprint density at radius 3 is 2.57 bits per heavy atom. The van der Waals surface area contributed by atoms with Crippen LogP contribution in [0.1, 0.15) is 24.2 Å². The highest BCUT2D eigenvalue weighted by Crippen LogP contribution is 2.36. The van der Waals surface area contributed by atoms with E-state index >= 15 is 0 Å². The van der Waals surface area contributed by atoms with Gasteiger partial charge in [0.2, 0.25) is 16.8 Å². The quantitative estimate of drug-likeness (QED) is 0.342. The van der Waals surface area contributed by atoms with Crippen molar-refractivity contribution in [2.24, 2.45) is 5.92 Å². The molecule has 2 aliphatic rings. The highest BCUT2D eigenvalue weighted by molar-refractivity contribution is 7.89. The van der Waals surface area contributed by atoms with E-state index in [0.717, 1.165) is 16.4 Å². The molecule has 3 atom stereocenters. The van der Waals surface area contributed by atoms with Gasteiger partial charge in [0, 0.05) is 31.3 Å². The molecule has 3 aromatic rings. The topological polar surface area (TPSA) is 147 Å². The molecule has 234 valence electrons. The lowest BCUT2D eigenvalue weighted by Gasteiger charge is -2.38. The number of nitrogens with one attached hydrogen (secondary N) is 2. The summed E-state index contributed by atoms with van der Waals surface area (Å²) in [5.41, 5.74) is 0.741. The molecule has 14 heteroatoms. The Hall–Kier alpha value is -4.40. The van der Waals surface area contributed by atoms with E-state index in [-0.39, 0.29) is 48.4 Å². The van der Waals surface area contributed by atoms with E-state index in [1.165, 1.54) is 24.1 Å². The van der Waals surface area contributed by atoms with Crippen LogP contribution in [-0.4, -0.2) is 80.4 Å². The van der Waals surface area contributed by atoms with Crippen molar-refractivity contribution in [3.8, 4) is 17.2 Å². The van der Waals surface area contributed by atoms with Crippen LogP contribution in [0.25, 0.3) is 0 Å². The van der Waals surface area contributed by atoms with Crippen LogP contribution in [0.15, 0.2) is 65.6 Å². The van der Waals surface area contributed by atoms with Crippen molar-refractivity contribution >= 4 is 33.3 Å². The second-order valence-corrected chi connectivity index (χ2v) is 12.7. The minimum absolute atomic E-state index is 0.0533. The standard InChI is InChI=1S/C30H33FN4O8S/c1-18-14-35(19(2)16-36)29(37)23-5-4-6-24(33-30(38)32-21-9-12-25-26(13-21)42-17-41-25)28(23)43-27(18)15-34(3)44(39,40)22-10-7-20(31)8-11-22/h4-13,18-19,27,36H,14-17H2,1-3H3,(H2,32,33,38)/t18-,19+,27-/m1/s1. The van der Waals surface area contributed by atoms with Crippen LogP contribution in [0, 0.1) is 11.7 Å². The molecule has 3 aromatic carbocycles. The number of ether oxygens (including phenoxy) is 3. The maximum Gasteiger partial charge on any atom is 0.323 e. The van der Waals surface area contributed by atoms with Crippen LogP contribution in [0.3, 0.4) is 0 Å². The largest absolute Gasteiger partial charge is 0.486 e. The molecule has 0 spiro atoms. The lowest BCUT2D eigenvalue weighted by Crippen LogP contribution is -2.50. The molecule has 12 nitrogen and oxygen atoms in total. The number of benzene rings is 3. The minimum Gasteiger partial charge on any atom is -0.486 e. The van der Waals surface area contributed by atoms with Gasteiger partial charge in [-0.15, -0.1) is 0 Å². The number of amides is 3. The molecule has 2 heterocycles. The van der Waals surface area contributed by atoms with Crippen molar-refractivity contribution in [1.29, 1.82) is 0 Å². The third-order valence-corrected chi connectivity index (χ3v) is 9.37. The van der Waals surface area contributed by atoms with Gasteiger partial charge in [-0.3, -0.25) is 4.79 Å². The van der Waals surface area contributed by atoms with Crippen molar-refractivity contribution < 1.29 is 41.7 Å². The molecule has 0 aliphatic carbocycles. The number of hydrogen-bond acceptors (Lipinski definition) is 8. The van der Waals surface area contributed by atoms with Gasteiger partial charge in [0.05, 0.1) is 35.3 Å². The van der Waals surface area contributed by atoms with Crippen LogP contribution in [0.5, 0.6) is 17.2 Å². The number of carbonyl (C=O) groups is 2. The highest BCUT2D eigenvalue weighted by atomic mass is 32.2. The normalized spacial score (nSPS) is 18.6. The van der Waals surface area contributed by atoms with E-state index in [0.29, 0.717) is 17.2 Å². The van der Waals surface area contributed by atoms with Gasteiger partial charge in [-0.1, -0.05) is 13.0 Å². The number of anilines is 2. The first-order valence-electron chi connectivity index (χ1n) is 13.9. The molecule has 3 amide bonds. The van der Waals surface area contributed by atoms with Crippen LogP contribution in [0.4, 0.5) is 20.6 Å². The Bertz CT molecular complexity index is 1650. The maximum atomic E-state index is 13.7. The van der Waals surface area contributed by atoms with Crippen molar-refractivity contribution in [3.63, 3.8) is 0 Å². The monoisotopic (exact) mass is 628 g/mol. The van der Waals surface area contributed by atoms with Gasteiger partial charge >= 0.3 is 6.03 Å². The predicted octanol–water partition coefficient (Wildman–Crippen LogP) is 3.74. The van der Waals surface area contributed by atoms with Gasteiger partial charge in [0.1, 0.15) is 11.9 Å².